The molecule has 0 fully saturated rings. The van der Waals surface area contributed by atoms with Crippen molar-refractivity contribution in [3.8, 4) is 0 Å². The van der Waals surface area contributed by atoms with Gasteiger partial charge < -0.3 is 15.1 Å². The van der Waals surface area contributed by atoms with Crippen molar-refractivity contribution in [1.82, 2.24) is 5.32 Å². The molecule has 0 atom stereocenters. The number of furan rings is 1. The zero-order valence-electron chi connectivity index (χ0n) is 10.6. The van der Waals surface area contributed by atoms with Crippen LogP contribution in [0.4, 0.5) is 5.69 Å². The molecule has 0 radical (unpaired) electrons. The van der Waals surface area contributed by atoms with E-state index in [1.807, 2.05) is 19.1 Å². The Morgan fingerprint density at radius 2 is 2.17 bits per heavy atom. The van der Waals surface area contributed by atoms with E-state index in [-0.39, 0.29) is 0 Å². The minimum atomic E-state index is 0.781. The standard InChI is InChI=1S/C15H18N2O/c1-11-2-4-14(18-11)10-16-9-12-3-5-15-13(8-12)6-7-17-15/h2-5,8,16-17H,6-7,9-10H2,1H3. The second kappa shape index (κ2) is 4.86. The predicted octanol–water partition coefficient (Wildman–Crippen LogP) is 2.85. The van der Waals surface area contributed by atoms with Crippen molar-refractivity contribution in [3.63, 3.8) is 0 Å². The van der Waals surface area contributed by atoms with Crippen LogP contribution in [0, 0.1) is 6.92 Å². The van der Waals surface area contributed by atoms with Crippen molar-refractivity contribution < 1.29 is 4.42 Å². The highest BCUT2D eigenvalue weighted by molar-refractivity contribution is 5.56. The zero-order valence-corrected chi connectivity index (χ0v) is 10.6. The number of nitrogens with one attached hydrogen (secondary N) is 2. The lowest BCUT2D eigenvalue weighted by Crippen LogP contribution is -2.12. The van der Waals surface area contributed by atoms with E-state index >= 15 is 0 Å². The van der Waals surface area contributed by atoms with Crippen LogP contribution in [0.5, 0.6) is 0 Å². The largest absolute Gasteiger partial charge is 0.465 e. The first-order valence-corrected chi connectivity index (χ1v) is 6.43. The maximum absolute atomic E-state index is 5.52. The van der Waals surface area contributed by atoms with Gasteiger partial charge in [-0.1, -0.05) is 12.1 Å². The summed E-state index contributed by atoms with van der Waals surface area (Å²) in [6.45, 7) is 4.70. The summed E-state index contributed by atoms with van der Waals surface area (Å²) in [5, 5.41) is 6.78. The van der Waals surface area contributed by atoms with Gasteiger partial charge >= 0.3 is 0 Å². The van der Waals surface area contributed by atoms with Gasteiger partial charge in [0.1, 0.15) is 11.5 Å². The monoisotopic (exact) mass is 242 g/mol. The Morgan fingerprint density at radius 1 is 1.22 bits per heavy atom. The van der Waals surface area contributed by atoms with E-state index in [1.165, 1.54) is 16.8 Å². The van der Waals surface area contributed by atoms with Crippen LogP contribution in [-0.2, 0) is 19.5 Å². The first-order chi connectivity index (χ1) is 8.81. The molecule has 0 unspecified atom stereocenters. The van der Waals surface area contributed by atoms with Crippen LogP contribution in [0.3, 0.4) is 0 Å². The highest BCUT2D eigenvalue weighted by atomic mass is 16.3. The minimum absolute atomic E-state index is 0.781. The number of rotatable bonds is 4. The van der Waals surface area contributed by atoms with Gasteiger partial charge in [0.05, 0.1) is 6.54 Å². The Balaban J connectivity index is 1.57. The van der Waals surface area contributed by atoms with Gasteiger partial charge in [0.25, 0.3) is 0 Å². The van der Waals surface area contributed by atoms with Crippen LogP contribution in [-0.4, -0.2) is 6.54 Å². The predicted molar refractivity (Wildman–Crippen MR) is 72.6 cm³/mol. The SMILES string of the molecule is Cc1ccc(CNCc2ccc3c(c2)CCN3)o1. The first kappa shape index (κ1) is 11.4. The van der Waals surface area contributed by atoms with E-state index in [0.29, 0.717) is 0 Å². The number of hydrogen-bond acceptors (Lipinski definition) is 3. The quantitative estimate of drug-likeness (QED) is 0.865. The second-order valence-electron chi connectivity index (χ2n) is 4.78. The molecule has 1 aliphatic rings. The molecule has 2 heterocycles. The van der Waals surface area contributed by atoms with Crippen LogP contribution >= 0.6 is 0 Å². The molecule has 0 bridgehead atoms. The van der Waals surface area contributed by atoms with Gasteiger partial charge in [0.15, 0.2) is 0 Å². The van der Waals surface area contributed by atoms with E-state index in [0.717, 1.165) is 37.6 Å². The van der Waals surface area contributed by atoms with E-state index in [1.54, 1.807) is 0 Å². The molecule has 94 valence electrons. The zero-order chi connectivity index (χ0) is 12.4. The maximum Gasteiger partial charge on any atom is 0.117 e. The summed E-state index contributed by atoms with van der Waals surface area (Å²) < 4.78 is 5.52. The molecule has 0 spiro atoms. The lowest BCUT2D eigenvalue weighted by atomic mass is 10.1. The van der Waals surface area contributed by atoms with Crippen molar-refractivity contribution >= 4 is 5.69 Å². The van der Waals surface area contributed by atoms with Crippen LogP contribution in [0.1, 0.15) is 22.6 Å². The lowest BCUT2D eigenvalue weighted by Gasteiger charge is -2.06. The number of benzene rings is 1. The Bertz CT molecular complexity index is 545. The summed E-state index contributed by atoms with van der Waals surface area (Å²) in [7, 11) is 0. The average molecular weight is 242 g/mol. The van der Waals surface area contributed by atoms with Gasteiger partial charge in [-0.05, 0) is 42.7 Å². The van der Waals surface area contributed by atoms with Gasteiger partial charge in [0, 0.05) is 18.8 Å². The summed E-state index contributed by atoms with van der Waals surface area (Å²) in [6.07, 6.45) is 1.14. The number of anilines is 1. The average Bonchev–Trinajstić information content (AvgIpc) is 2.97. The Labute approximate surface area is 107 Å². The van der Waals surface area contributed by atoms with Gasteiger partial charge in [-0.3, -0.25) is 0 Å². The molecule has 3 rings (SSSR count). The van der Waals surface area contributed by atoms with Crippen molar-refractivity contribution in [2.45, 2.75) is 26.4 Å². The first-order valence-electron chi connectivity index (χ1n) is 6.43. The van der Waals surface area contributed by atoms with Crippen LogP contribution in [0.25, 0.3) is 0 Å². The number of aryl methyl sites for hydroxylation is 1. The summed E-state index contributed by atoms with van der Waals surface area (Å²) in [6, 6.07) is 10.7. The fourth-order valence-corrected chi connectivity index (χ4v) is 2.38. The molecule has 2 N–H and O–H groups in total. The van der Waals surface area contributed by atoms with Crippen molar-refractivity contribution in [1.29, 1.82) is 0 Å². The second-order valence-corrected chi connectivity index (χ2v) is 4.78. The molecule has 1 aromatic carbocycles. The Kier molecular flexibility index (Phi) is 3.07. The van der Waals surface area contributed by atoms with Crippen molar-refractivity contribution in [2.24, 2.45) is 0 Å². The van der Waals surface area contributed by atoms with Gasteiger partial charge in [-0.2, -0.15) is 0 Å². The molecule has 0 aliphatic carbocycles. The summed E-state index contributed by atoms with van der Waals surface area (Å²) >= 11 is 0. The van der Waals surface area contributed by atoms with Crippen LogP contribution in [0.15, 0.2) is 34.7 Å². The van der Waals surface area contributed by atoms with Crippen LogP contribution in [0.2, 0.25) is 0 Å². The molecule has 1 aliphatic heterocycles. The van der Waals surface area contributed by atoms with Gasteiger partial charge in [-0.15, -0.1) is 0 Å². The topological polar surface area (TPSA) is 37.2 Å². The number of hydrogen-bond donors (Lipinski definition) is 2. The summed E-state index contributed by atoms with van der Waals surface area (Å²) in [4.78, 5) is 0. The molecule has 1 aromatic heterocycles. The summed E-state index contributed by atoms with van der Waals surface area (Å²) in [5.41, 5.74) is 4.06. The van der Waals surface area contributed by atoms with Crippen molar-refractivity contribution in [3.05, 3.63) is 53.0 Å². The molecular formula is C15H18N2O. The molecule has 2 aromatic rings. The molecule has 18 heavy (non-hydrogen) atoms. The molecule has 0 amide bonds. The fourth-order valence-electron chi connectivity index (χ4n) is 2.38. The smallest absolute Gasteiger partial charge is 0.117 e. The Hall–Kier alpha value is -1.74. The van der Waals surface area contributed by atoms with Gasteiger partial charge in [0.2, 0.25) is 0 Å². The van der Waals surface area contributed by atoms with Gasteiger partial charge in [-0.25, -0.2) is 0 Å². The molecule has 0 saturated heterocycles. The molecule has 3 nitrogen and oxygen atoms in total. The normalized spacial score (nSPS) is 13.4. The highest BCUT2D eigenvalue weighted by Crippen LogP contribution is 2.22. The molecule has 3 heteroatoms. The third-order valence-corrected chi connectivity index (χ3v) is 3.30. The Morgan fingerprint density at radius 3 is 3.00 bits per heavy atom. The minimum Gasteiger partial charge on any atom is -0.465 e. The van der Waals surface area contributed by atoms with Crippen LogP contribution < -0.4 is 10.6 Å². The van der Waals surface area contributed by atoms with E-state index < -0.39 is 0 Å². The fraction of sp³-hybridized carbons (Fsp3) is 0.333. The highest BCUT2D eigenvalue weighted by Gasteiger charge is 2.09. The third kappa shape index (κ3) is 2.41. The van der Waals surface area contributed by atoms with Crippen molar-refractivity contribution in [2.75, 3.05) is 11.9 Å². The lowest BCUT2D eigenvalue weighted by molar-refractivity contribution is 0.461. The van der Waals surface area contributed by atoms with E-state index in [9.17, 15) is 0 Å². The van der Waals surface area contributed by atoms with E-state index in [2.05, 4.69) is 28.8 Å². The molecular weight excluding hydrogens is 224 g/mol. The maximum atomic E-state index is 5.52. The molecule has 0 saturated carbocycles. The number of fused-ring (bicyclic) bond motifs is 1. The third-order valence-electron chi connectivity index (χ3n) is 3.30. The van der Waals surface area contributed by atoms with E-state index in [4.69, 9.17) is 4.42 Å². The summed E-state index contributed by atoms with van der Waals surface area (Å²) in [5.74, 6) is 1.96.